The number of nitrogens with zero attached hydrogens (tertiary/aromatic N) is 3. The predicted octanol–water partition coefficient (Wildman–Crippen LogP) is 1.29. The number of hydrogen-bond donors (Lipinski definition) is 1. The highest BCUT2D eigenvalue weighted by Gasteiger charge is 2.34. The summed E-state index contributed by atoms with van der Waals surface area (Å²) >= 11 is 0. The van der Waals surface area contributed by atoms with E-state index in [1.165, 1.54) is 5.56 Å². The molecule has 4 rings (SSSR count). The molecule has 0 amide bonds. The van der Waals surface area contributed by atoms with E-state index in [9.17, 15) is 0 Å². The second-order valence-electron chi connectivity index (χ2n) is 5.99. The van der Waals surface area contributed by atoms with Gasteiger partial charge in [0.05, 0.1) is 13.2 Å². The van der Waals surface area contributed by atoms with E-state index in [0.29, 0.717) is 17.4 Å². The van der Waals surface area contributed by atoms with Crippen LogP contribution in [0.15, 0.2) is 34.9 Å². The van der Waals surface area contributed by atoms with Gasteiger partial charge in [-0.2, -0.15) is 10.1 Å². The molecule has 3 aromatic rings. The third-order valence-corrected chi connectivity index (χ3v) is 4.03. The zero-order chi connectivity index (χ0) is 15.2. The van der Waals surface area contributed by atoms with Crippen molar-refractivity contribution in [1.82, 2.24) is 20.3 Å². The predicted molar refractivity (Wildman–Crippen MR) is 83.1 cm³/mol. The Hall–Kier alpha value is -2.41. The first-order chi connectivity index (χ1) is 10.6. The highest BCUT2D eigenvalue weighted by Crippen LogP contribution is 2.30. The molecule has 0 spiro atoms. The van der Waals surface area contributed by atoms with Crippen LogP contribution in [0.1, 0.15) is 11.3 Å². The van der Waals surface area contributed by atoms with Crippen molar-refractivity contribution in [3.05, 3.63) is 41.6 Å². The fourth-order valence-electron chi connectivity index (χ4n) is 2.57. The van der Waals surface area contributed by atoms with Gasteiger partial charge in [-0.25, -0.2) is 0 Å². The lowest BCUT2D eigenvalue weighted by atomic mass is 9.62. The summed E-state index contributed by atoms with van der Waals surface area (Å²) in [5, 5.41) is 11.2. The van der Waals surface area contributed by atoms with Crippen molar-refractivity contribution < 1.29 is 9.26 Å². The van der Waals surface area contributed by atoms with Gasteiger partial charge in [0.2, 0.25) is 5.82 Å². The Morgan fingerprint density at radius 3 is 2.59 bits per heavy atom. The molecular formula is C15H15BN4O2. The van der Waals surface area contributed by atoms with E-state index in [1.54, 1.807) is 0 Å². The SMILES string of the molecule is BC1(c2ccc(-c3noc(-c4cc(C)[nH]n4)n3)cc2)COC1. The van der Waals surface area contributed by atoms with Crippen LogP contribution in [0.3, 0.4) is 0 Å². The molecule has 0 atom stereocenters. The van der Waals surface area contributed by atoms with Gasteiger partial charge in [-0.05, 0) is 18.6 Å². The number of hydrogen-bond acceptors (Lipinski definition) is 5. The van der Waals surface area contributed by atoms with Crippen molar-refractivity contribution in [2.45, 2.75) is 12.2 Å². The average molecular weight is 294 g/mol. The Kier molecular flexibility index (Phi) is 2.90. The quantitative estimate of drug-likeness (QED) is 0.737. The topological polar surface area (TPSA) is 76.8 Å². The van der Waals surface area contributed by atoms with Crippen LogP contribution in [0.2, 0.25) is 0 Å². The van der Waals surface area contributed by atoms with E-state index in [1.807, 2.05) is 25.1 Å². The van der Waals surface area contributed by atoms with E-state index >= 15 is 0 Å². The number of H-pyrrole nitrogens is 1. The number of aromatic amines is 1. The fourth-order valence-corrected chi connectivity index (χ4v) is 2.57. The van der Waals surface area contributed by atoms with Crippen molar-refractivity contribution in [2.75, 3.05) is 13.2 Å². The van der Waals surface area contributed by atoms with Crippen LogP contribution >= 0.6 is 0 Å². The summed E-state index contributed by atoms with van der Waals surface area (Å²) < 4.78 is 10.6. The molecule has 3 heterocycles. The molecule has 0 radical (unpaired) electrons. The molecule has 0 unspecified atom stereocenters. The molecule has 1 N–H and O–H groups in total. The number of ether oxygens (including phenoxy) is 1. The van der Waals surface area contributed by atoms with Gasteiger partial charge in [-0.1, -0.05) is 29.4 Å². The molecule has 1 aliphatic heterocycles. The van der Waals surface area contributed by atoms with Crippen molar-refractivity contribution in [2.24, 2.45) is 0 Å². The Bertz CT molecular complexity index is 805. The summed E-state index contributed by atoms with van der Waals surface area (Å²) in [5.41, 5.74) is 3.81. The lowest BCUT2D eigenvalue weighted by molar-refractivity contribution is -0.0156. The maximum absolute atomic E-state index is 5.31. The van der Waals surface area contributed by atoms with E-state index in [2.05, 4.69) is 40.3 Å². The summed E-state index contributed by atoms with van der Waals surface area (Å²) in [6.45, 7) is 3.48. The van der Waals surface area contributed by atoms with Crippen molar-refractivity contribution >= 4 is 7.85 Å². The minimum atomic E-state index is 0.132. The number of aromatic nitrogens is 4. The summed E-state index contributed by atoms with van der Waals surface area (Å²) in [6.07, 6.45) is 0. The molecule has 1 aromatic carbocycles. The van der Waals surface area contributed by atoms with Crippen LogP contribution in [-0.2, 0) is 10.1 Å². The minimum Gasteiger partial charge on any atom is -0.381 e. The standard InChI is InChI=1S/C15H15BN4O2/c1-9-6-12(19-18-9)14-17-13(20-22-14)10-2-4-11(5-3-10)15(16)7-21-8-15/h2-6H,7-8,16H2,1H3,(H,18,19). The van der Waals surface area contributed by atoms with E-state index < -0.39 is 0 Å². The maximum atomic E-state index is 5.31. The normalized spacial score (nSPS) is 16.4. The molecule has 6 nitrogen and oxygen atoms in total. The third-order valence-electron chi connectivity index (χ3n) is 4.03. The minimum absolute atomic E-state index is 0.132. The van der Waals surface area contributed by atoms with Gasteiger partial charge in [-0.3, -0.25) is 5.10 Å². The Balaban J connectivity index is 1.61. The fraction of sp³-hybridized carbons (Fsp3) is 0.267. The Labute approximate surface area is 128 Å². The van der Waals surface area contributed by atoms with Gasteiger partial charge in [0, 0.05) is 16.6 Å². The number of benzene rings is 1. The van der Waals surface area contributed by atoms with Crippen molar-refractivity contribution in [3.63, 3.8) is 0 Å². The molecule has 2 aromatic heterocycles. The van der Waals surface area contributed by atoms with Gasteiger partial charge in [0.1, 0.15) is 7.85 Å². The van der Waals surface area contributed by atoms with Crippen LogP contribution in [0.25, 0.3) is 23.0 Å². The zero-order valence-electron chi connectivity index (χ0n) is 12.5. The number of aryl methyl sites for hydroxylation is 1. The summed E-state index contributed by atoms with van der Waals surface area (Å²) in [5.74, 6) is 0.986. The summed E-state index contributed by atoms with van der Waals surface area (Å²) in [6, 6.07) is 10.1. The number of nitrogens with one attached hydrogen (secondary N) is 1. The highest BCUT2D eigenvalue weighted by atomic mass is 16.5. The van der Waals surface area contributed by atoms with Crippen LogP contribution in [0, 0.1) is 6.92 Å². The molecule has 0 bridgehead atoms. The largest absolute Gasteiger partial charge is 0.381 e. The van der Waals surface area contributed by atoms with Crippen LogP contribution in [0.5, 0.6) is 0 Å². The van der Waals surface area contributed by atoms with E-state index in [4.69, 9.17) is 9.26 Å². The van der Waals surface area contributed by atoms with Gasteiger partial charge < -0.3 is 9.26 Å². The third kappa shape index (κ3) is 2.14. The first-order valence-corrected chi connectivity index (χ1v) is 7.19. The van der Waals surface area contributed by atoms with Crippen molar-refractivity contribution in [1.29, 1.82) is 0 Å². The second kappa shape index (κ2) is 4.81. The summed E-state index contributed by atoms with van der Waals surface area (Å²) in [7, 11) is 2.21. The lowest BCUT2D eigenvalue weighted by Crippen LogP contribution is -2.47. The lowest BCUT2D eigenvalue weighted by Gasteiger charge is -2.38. The molecule has 1 aliphatic rings. The first-order valence-electron chi connectivity index (χ1n) is 7.19. The molecule has 1 fully saturated rings. The monoisotopic (exact) mass is 294 g/mol. The molecule has 0 saturated carbocycles. The molecule has 1 saturated heterocycles. The first kappa shape index (κ1) is 13.3. The molecular weight excluding hydrogens is 279 g/mol. The maximum Gasteiger partial charge on any atom is 0.278 e. The molecule has 7 heteroatoms. The average Bonchev–Trinajstić information content (AvgIpc) is 3.14. The van der Waals surface area contributed by atoms with Crippen LogP contribution < -0.4 is 0 Å². The van der Waals surface area contributed by atoms with E-state index in [0.717, 1.165) is 24.5 Å². The molecule has 0 aliphatic carbocycles. The van der Waals surface area contributed by atoms with Crippen LogP contribution in [0.4, 0.5) is 0 Å². The Morgan fingerprint density at radius 2 is 2.00 bits per heavy atom. The van der Waals surface area contributed by atoms with Gasteiger partial charge in [-0.15, -0.1) is 0 Å². The number of rotatable bonds is 3. The molecule has 110 valence electrons. The van der Waals surface area contributed by atoms with Crippen LogP contribution in [-0.4, -0.2) is 41.4 Å². The summed E-state index contributed by atoms with van der Waals surface area (Å²) in [4.78, 5) is 4.41. The van der Waals surface area contributed by atoms with Gasteiger partial charge >= 0.3 is 0 Å². The highest BCUT2D eigenvalue weighted by molar-refractivity contribution is 6.16. The molecule has 22 heavy (non-hydrogen) atoms. The zero-order valence-corrected chi connectivity index (χ0v) is 12.5. The Morgan fingerprint density at radius 1 is 1.23 bits per heavy atom. The van der Waals surface area contributed by atoms with E-state index in [-0.39, 0.29) is 5.31 Å². The van der Waals surface area contributed by atoms with Crippen molar-refractivity contribution in [3.8, 4) is 23.0 Å². The smallest absolute Gasteiger partial charge is 0.278 e. The van der Waals surface area contributed by atoms with Gasteiger partial charge in [0.15, 0.2) is 5.69 Å². The second-order valence-corrected chi connectivity index (χ2v) is 5.99. The van der Waals surface area contributed by atoms with Gasteiger partial charge in [0.25, 0.3) is 5.89 Å².